The third-order valence-corrected chi connectivity index (χ3v) is 3.81. The van der Waals surface area contributed by atoms with Crippen molar-refractivity contribution in [3.8, 4) is 0 Å². The lowest BCUT2D eigenvalue weighted by Gasteiger charge is -2.02. The molecule has 0 spiro atoms. The second kappa shape index (κ2) is 19.5. The molecule has 25 heavy (non-hydrogen) atoms. The molecule has 0 radical (unpaired) electrons. The first-order valence-corrected chi connectivity index (χ1v) is 10.9. The molecule has 0 aliphatic carbocycles. The van der Waals surface area contributed by atoms with E-state index in [1.807, 2.05) is 0 Å². The van der Waals surface area contributed by atoms with E-state index in [4.69, 9.17) is 29.0 Å². The molecule has 0 aromatic heterocycles. The van der Waals surface area contributed by atoms with Crippen LogP contribution in [0.4, 0.5) is 0 Å². The fraction of sp³-hybridized carbons (Fsp3) is 0.941. The van der Waals surface area contributed by atoms with Crippen molar-refractivity contribution in [3.63, 3.8) is 0 Å². The van der Waals surface area contributed by atoms with Crippen molar-refractivity contribution in [1.29, 1.82) is 0 Å². The minimum absolute atomic E-state index is 0.222. The van der Waals surface area contributed by atoms with Crippen LogP contribution in [0.1, 0.15) is 96.8 Å². The largest absolute Gasteiger partial charge is 0.394 e. The van der Waals surface area contributed by atoms with Crippen molar-refractivity contribution in [2.24, 2.45) is 16.5 Å². The highest BCUT2D eigenvalue weighted by Gasteiger charge is 1.94. The van der Waals surface area contributed by atoms with Gasteiger partial charge in [0.2, 0.25) is 0 Å². The zero-order valence-corrected chi connectivity index (χ0v) is 16.6. The monoisotopic (exact) mass is 381 g/mol. The van der Waals surface area contributed by atoms with Crippen molar-refractivity contribution in [3.05, 3.63) is 0 Å². The number of unbranched alkanes of at least 4 members (excludes halogenated alkanes) is 13. The number of nitrogens with two attached hydrogens (primary N) is 2. The Hall–Kier alpha value is -0.860. The molecular weight excluding hydrogens is 342 g/mol. The number of rotatable bonds is 15. The molecule has 8 heteroatoms. The Labute approximate surface area is 154 Å². The van der Waals surface area contributed by atoms with E-state index in [2.05, 4.69) is 11.9 Å². The molecule has 7 nitrogen and oxygen atoms in total. The van der Waals surface area contributed by atoms with Crippen molar-refractivity contribution in [2.75, 3.05) is 6.54 Å². The fourth-order valence-electron chi connectivity index (χ4n) is 2.51. The Kier molecular flexibility index (Phi) is 20.5. The maximum atomic E-state index is 8.74. The molecule has 0 heterocycles. The molecule has 0 saturated carbocycles. The molecule has 0 amide bonds. The summed E-state index contributed by atoms with van der Waals surface area (Å²) in [5, 5.41) is 0. The molecule has 0 fully saturated rings. The first-order valence-electron chi connectivity index (χ1n) is 9.52. The van der Waals surface area contributed by atoms with Gasteiger partial charge < -0.3 is 11.5 Å². The zero-order chi connectivity index (χ0) is 19.4. The molecule has 0 rings (SSSR count). The molecule has 6 N–H and O–H groups in total. The summed E-state index contributed by atoms with van der Waals surface area (Å²) in [7, 11) is -4.67. The first kappa shape index (κ1) is 26.4. The van der Waals surface area contributed by atoms with E-state index in [-0.39, 0.29) is 5.96 Å². The van der Waals surface area contributed by atoms with Crippen molar-refractivity contribution in [2.45, 2.75) is 96.8 Å². The Morgan fingerprint density at radius 1 is 0.720 bits per heavy atom. The van der Waals surface area contributed by atoms with Crippen LogP contribution in [0, 0.1) is 0 Å². The van der Waals surface area contributed by atoms with Gasteiger partial charge in [0.25, 0.3) is 0 Å². The summed E-state index contributed by atoms with van der Waals surface area (Å²) in [6.07, 6.45) is 19.3. The Bertz CT molecular complexity index is 389. The van der Waals surface area contributed by atoms with Gasteiger partial charge in [-0.3, -0.25) is 14.1 Å². The first-order chi connectivity index (χ1) is 11.8. The highest BCUT2D eigenvalue weighted by molar-refractivity contribution is 7.79. The summed E-state index contributed by atoms with van der Waals surface area (Å²) >= 11 is 0. The lowest BCUT2D eigenvalue weighted by atomic mass is 10.0. The van der Waals surface area contributed by atoms with E-state index in [1.165, 1.54) is 83.5 Å². The van der Waals surface area contributed by atoms with Gasteiger partial charge in [-0.15, -0.1) is 0 Å². The second-order valence-corrected chi connectivity index (χ2v) is 7.25. The maximum Gasteiger partial charge on any atom is 0.394 e. The molecule has 0 aliphatic rings. The molecule has 0 aromatic rings. The molecule has 0 aliphatic heterocycles. The fourth-order valence-corrected chi connectivity index (χ4v) is 2.51. The minimum atomic E-state index is -4.67. The van der Waals surface area contributed by atoms with E-state index in [0.29, 0.717) is 0 Å². The summed E-state index contributed by atoms with van der Waals surface area (Å²) in [6.45, 7) is 3.07. The summed E-state index contributed by atoms with van der Waals surface area (Å²) in [5.41, 5.74) is 10.5. The lowest BCUT2D eigenvalue weighted by Crippen LogP contribution is -2.22. The third-order valence-electron chi connectivity index (χ3n) is 3.81. The topological polar surface area (TPSA) is 139 Å². The molecule has 0 saturated heterocycles. The standard InChI is InChI=1S/C17H37N3.H2O4S/c1-2-3-4-5-6-7-8-9-10-11-12-13-14-15-16-20-17(18)19;1-5(2,3)4/h2-16H2,1H3,(H4,18,19,20);(H2,1,2,3,4). The molecule has 0 bridgehead atoms. The van der Waals surface area contributed by atoms with Crippen LogP contribution in [-0.2, 0) is 10.4 Å². The second-order valence-electron chi connectivity index (χ2n) is 6.35. The van der Waals surface area contributed by atoms with Crippen LogP contribution in [-0.4, -0.2) is 30.0 Å². The predicted octanol–water partition coefficient (Wildman–Crippen LogP) is 4.09. The van der Waals surface area contributed by atoms with E-state index < -0.39 is 10.4 Å². The van der Waals surface area contributed by atoms with Gasteiger partial charge in [0.05, 0.1) is 0 Å². The summed E-state index contributed by atoms with van der Waals surface area (Å²) in [4.78, 5) is 3.99. The Morgan fingerprint density at radius 2 is 1.00 bits per heavy atom. The van der Waals surface area contributed by atoms with E-state index in [9.17, 15) is 0 Å². The van der Waals surface area contributed by atoms with E-state index >= 15 is 0 Å². The normalized spacial score (nSPS) is 10.8. The number of nitrogens with zero attached hydrogens (tertiary/aromatic N) is 1. The van der Waals surface area contributed by atoms with Gasteiger partial charge in [0, 0.05) is 6.54 Å². The van der Waals surface area contributed by atoms with Crippen LogP contribution < -0.4 is 11.5 Å². The number of guanidine groups is 1. The van der Waals surface area contributed by atoms with Crippen LogP contribution >= 0.6 is 0 Å². The third kappa shape index (κ3) is 39.7. The Balaban J connectivity index is 0. The summed E-state index contributed by atoms with van der Waals surface area (Å²) in [5.74, 6) is 0.222. The van der Waals surface area contributed by atoms with Crippen LogP contribution in [0.3, 0.4) is 0 Å². The predicted molar refractivity (Wildman–Crippen MR) is 105 cm³/mol. The summed E-state index contributed by atoms with van der Waals surface area (Å²) < 4.78 is 31.6. The quantitative estimate of drug-likeness (QED) is 0.146. The van der Waals surface area contributed by atoms with E-state index in [0.717, 1.165) is 13.0 Å². The van der Waals surface area contributed by atoms with Crippen LogP contribution in [0.15, 0.2) is 4.99 Å². The van der Waals surface area contributed by atoms with Gasteiger partial charge >= 0.3 is 10.4 Å². The van der Waals surface area contributed by atoms with Crippen LogP contribution in [0.5, 0.6) is 0 Å². The van der Waals surface area contributed by atoms with Gasteiger partial charge in [-0.1, -0.05) is 90.4 Å². The highest BCUT2D eigenvalue weighted by atomic mass is 32.3. The summed E-state index contributed by atoms with van der Waals surface area (Å²) in [6, 6.07) is 0. The average Bonchev–Trinajstić information content (AvgIpc) is 2.49. The number of hydrogen-bond donors (Lipinski definition) is 4. The number of aliphatic imine (C=N–C) groups is 1. The smallest absolute Gasteiger partial charge is 0.370 e. The molecule has 0 atom stereocenters. The lowest BCUT2D eigenvalue weighted by molar-refractivity contribution is 0.381. The molecular formula is C17H39N3O4S. The minimum Gasteiger partial charge on any atom is -0.370 e. The van der Waals surface area contributed by atoms with Crippen molar-refractivity contribution < 1.29 is 17.5 Å². The van der Waals surface area contributed by atoms with Crippen LogP contribution in [0.25, 0.3) is 0 Å². The Morgan fingerprint density at radius 3 is 1.28 bits per heavy atom. The SMILES string of the molecule is CCCCCCCCCCCCCCCCN=C(N)N.O=S(=O)(O)O. The van der Waals surface area contributed by atoms with Gasteiger partial charge in [-0.25, -0.2) is 0 Å². The molecule has 0 unspecified atom stereocenters. The van der Waals surface area contributed by atoms with Crippen molar-refractivity contribution >= 4 is 16.4 Å². The zero-order valence-electron chi connectivity index (χ0n) is 15.8. The number of hydrogen-bond acceptors (Lipinski definition) is 3. The van der Waals surface area contributed by atoms with Gasteiger partial charge in [0.1, 0.15) is 0 Å². The van der Waals surface area contributed by atoms with Crippen LogP contribution in [0.2, 0.25) is 0 Å². The van der Waals surface area contributed by atoms with Gasteiger partial charge in [-0.2, -0.15) is 8.42 Å². The van der Waals surface area contributed by atoms with Gasteiger partial charge in [-0.05, 0) is 6.42 Å². The maximum absolute atomic E-state index is 8.74. The van der Waals surface area contributed by atoms with E-state index in [1.54, 1.807) is 0 Å². The van der Waals surface area contributed by atoms with Gasteiger partial charge in [0.15, 0.2) is 5.96 Å². The highest BCUT2D eigenvalue weighted by Crippen LogP contribution is 2.12. The molecule has 0 aromatic carbocycles. The van der Waals surface area contributed by atoms with Crippen molar-refractivity contribution in [1.82, 2.24) is 0 Å². The average molecular weight is 382 g/mol. The molecule has 152 valence electrons.